The van der Waals surface area contributed by atoms with Crippen LogP contribution < -0.4 is 5.32 Å². The largest absolute Gasteiger partial charge is 0.466 e. The SMILES string of the molecule is CCNC(=NCC1(C)CCCCC1O)N1CCCC(C(=O)OCC)C1.I. The van der Waals surface area contributed by atoms with Crippen LogP contribution in [0.15, 0.2) is 4.99 Å². The van der Waals surface area contributed by atoms with E-state index >= 15 is 0 Å². The van der Waals surface area contributed by atoms with Gasteiger partial charge >= 0.3 is 5.97 Å². The van der Waals surface area contributed by atoms with Gasteiger partial charge in [-0.2, -0.15) is 0 Å². The lowest BCUT2D eigenvalue weighted by Crippen LogP contribution is -2.49. The van der Waals surface area contributed by atoms with Crippen LogP contribution in [-0.2, 0) is 9.53 Å². The Bertz CT molecular complexity index is 475. The summed E-state index contributed by atoms with van der Waals surface area (Å²) in [5, 5.41) is 13.7. The van der Waals surface area contributed by atoms with Gasteiger partial charge in [0, 0.05) is 25.0 Å². The van der Waals surface area contributed by atoms with Crippen LogP contribution in [0, 0.1) is 11.3 Å². The van der Waals surface area contributed by atoms with Crippen molar-refractivity contribution in [2.24, 2.45) is 16.3 Å². The molecule has 0 aromatic rings. The number of nitrogens with zero attached hydrogens (tertiary/aromatic N) is 2. The molecule has 6 nitrogen and oxygen atoms in total. The molecule has 0 radical (unpaired) electrons. The van der Waals surface area contributed by atoms with Crippen LogP contribution in [0.3, 0.4) is 0 Å². The molecule has 0 aromatic carbocycles. The van der Waals surface area contributed by atoms with Gasteiger partial charge in [-0.1, -0.05) is 19.8 Å². The van der Waals surface area contributed by atoms with E-state index < -0.39 is 0 Å². The van der Waals surface area contributed by atoms with Crippen LogP contribution in [0.2, 0.25) is 0 Å². The van der Waals surface area contributed by atoms with E-state index in [0.29, 0.717) is 19.7 Å². The lowest BCUT2D eigenvalue weighted by Gasteiger charge is -2.38. The fraction of sp³-hybridized carbons (Fsp3) is 0.895. The number of rotatable bonds is 5. The zero-order valence-electron chi connectivity index (χ0n) is 16.5. The molecule has 1 saturated carbocycles. The predicted molar refractivity (Wildman–Crippen MR) is 115 cm³/mol. The van der Waals surface area contributed by atoms with Crippen LogP contribution in [0.5, 0.6) is 0 Å². The van der Waals surface area contributed by atoms with Crippen molar-refractivity contribution in [2.45, 2.75) is 65.4 Å². The maximum absolute atomic E-state index is 12.1. The quantitative estimate of drug-likeness (QED) is 0.274. The van der Waals surface area contributed by atoms with E-state index in [4.69, 9.17) is 9.73 Å². The summed E-state index contributed by atoms with van der Waals surface area (Å²) < 4.78 is 5.20. The number of likely N-dealkylation sites (tertiary alicyclic amines) is 1. The van der Waals surface area contributed by atoms with Crippen LogP contribution in [-0.4, -0.2) is 60.8 Å². The highest BCUT2D eigenvalue weighted by Gasteiger charge is 2.36. The highest BCUT2D eigenvalue weighted by Crippen LogP contribution is 2.36. The molecule has 0 aromatic heterocycles. The molecule has 1 heterocycles. The van der Waals surface area contributed by atoms with Gasteiger partial charge in [0.15, 0.2) is 5.96 Å². The summed E-state index contributed by atoms with van der Waals surface area (Å²) >= 11 is 0. The molecule has 1 saturated heterocycles. The molecule has 1 aliphatic heterocycles. The number of carbonyl (C=O) groups excluding carboxylic acids is 1. The second-order valence-electron chi connectivity index (χ2n) is 7.62. The van der Waals surface area contributed by atoms with Crippen molar-refractivity contribution in [3.8, 4) is 0 Å². The van der Waals surface area contributed by atoms with Gasteiger partial charge in [-0.05, 0) is 39.5 Å². The van der Waals surface area contributed by atoms with Crippen molar-refractivity contribution in [2.75, 3.05) is 32.8 Å². The number of hydrogen-bond acceptors (Lipinski definition) is 4. The second-order valence-corrected chi connectivity index (χ2v) is 7.62. The Labute approximate surface area is 175 Å². The first-order valence-corrected chi connectivity index (χ1v) is 9.88. The minimum atomic E-state index is -0.276. The first-order chi connectivity index (χ1) is 12.0. The minimum absolute atomic E-state index is 0. The van der Waals surface area contributed by atoms with Gasteiger partial charge in [0.1, 0.15) is 0 Å². The smallest absolute Gasteiger partial charge is 0.310 e. The molecule has 2 aliphatic rings. The van der Waals surface area contributed by atoms with Gasteiger partial charge in [-0.15, -0.1) is 24.0 Å². The number of aliphatic imine (C=N–C) groups is 1. The molecule has 3 atom stereocenters. The summed E-state index contributed by atoms with van der Waals surface area (Å²) in [6.45, 7) is 9.45. The maximum atomic E-state index is 12.1. The Morgan fingerprint density at radius 2 is 2.08 bits per heavy atom. The molecule has 152 valence electrons. The topological polar surface area (TPSA) is 74.2 Å². The lowest BCUT2D eigenvalue weighted by molar-refractivity contribution is -0.149. The maximum Gasteiger partial charge on any atom is 0.310 e. The summed E-state index contributed by atoms with van der Waals surface area (Å²) in [5.74, 6) is 0.682. The Morgan fingerprint density at radius 3 is 2.73 bits per heavy atom. The van der Waals surface area contributed by atoms with Crippen molar-refractivity contribution in [3.63, 3.8) is 0 Å². The normalized spacial score (nSPS) is 29.7. The zero-order valence-corrected chi connectivity index (χ0v) is 18.8. The Hall–Kier alpha value is -0.570. The number of guanidine groups is 1. The van der Waals surface area contributed by atoms with E-state index in [0.717, 1.165) is 57.6 Å². The number of carbonyl (C=O) groups is 1. The summed E-state index contributed by atoms with van der Waals surface area (Å²) in [6, 6.07) is 0. The molecule has 7 heteroatoms. The highest BCUT2D eigenvalue weighted by molar-refractivity contribution is 14.0. The molecule has 1 aliphatic carbocycles. The van der Waals surface area contributed by atoms with Crippen LogP contribution in [0.4, 0.5) is 0 Å². The van der Waals surface area contributed by atoms with Crippen molar-refractivity contribution < 1.29 is 14.6 Å². The van der Waals surface area contributed by atoms with Gasteiger partial charge in [0.25, 0.3) is 0 Å². The van der Waals surface area contributed by atoms with Crippen LogP contribution in [0.1, 0.15) is 59.3 Å². The number of ether oxygens (including phenoxy) is 1. The monoisotopic (exact) mass is 481 g/mol. The van der Waals surface area contributed by atoms with Crippen molar-refractivity contribution >= 4 is 35.9 Å². The molecule has 0 bridgehead atoms. The number of piperidine rings is 1. The van der Waals surface area contributed by atoms with E-state index in [9.17, 15) is 9.90 Å². The predicted octanol–water partition coefficient (Wildman–Crippen LogP) is 2.79. The zero-order chi connectivity index (χ0) is 18.3. The van der Waals surface area contributed by atoms with Gasteiger partial charge in [-0.3, -0.25) is 9.79 Å². The van der Waals surface area contributed by atoms with Crippen molar-refractivity contribution in [3.05, 3.63) is 0 Å². The third kappa shape index (κ3) is 6.25. The lowest BCUT2D eigenvalue weighted by atomic mass is 9.73. The van der Waals surface area contributed by atoms with E-state index in [1.165, 1.54) is 0 Å². The second kappa shape index (κ2) is 11.3. The fourth-order valence-corrected chi connectivity index (χ4v) is 3.87. The van der Waals surface area contributed by atoms with Gasteiger partial charge < -0.3 is 20.1 Å². The number of esters is 1. The van der Waals surface area contributed by atoms with Crippen LogP contribution >= 0.6 is 24.0 Å². The molecule has 0 spiro atoms. The highest BCUT2D eigenvalue weighted by atomic mass is 127. The van der Waals surface area contributed by atoms with E-state index in [1.54, 1.807) is 0 Å². The molecule has 0 amide bonds. The molecule has 2 rings (SSSR count). The van der Waals surface area contributed by atoms with Crippen LogP contribution in [0.25, 0.3) is 0 Å². The van der Waals surface area contributed by atoms with E-state index in [-0.39, 0.29) is 47.4 Å². The standard InChI is InChI=1S/C19H35N3O3.HI/c1-4-20-18(21-14-19(3)11-7-6-10-16(19)23)22-12-8-9-15(13-22)17(24)25-5-2;/h15-16,23H,4-14H2,1-3H3,(H,20,21);1H. The van der Waals surface area contributed by atoms with E-state index in [1.807, 2.05) is 6.92 Å². The van der Waals surface area contributed by atoms with E-state index in [2.05, 4.69) is 24.1 Å². The Kier molecular flexibility index (Phi) is 10.2. The summed E-state index contributed by atoms with van der Waals surface area (Å²) in [4.78, 5) is 19.1. The molecule has 3 unspecified atom stereocenters. The number of aliphatic hydroxyl groups is 1. The summed E-state index contributed by atoms with van der Waals surface area (Å²) in [6.07, 6.45) is 5.72. The molecule has 26 heavy (non-hydrogen) atoms. The summed E-state index contributed by atoms with van der Waals surface area (Å²) in [7, 11) is 0. The van der Waals surface area contributed by atoms with Gasteiger partial charge in [0.2, 0.25) is 0 Å². The summed E-state index contributed by atoms with van der Waals surface area (Å²) in [5.41, 5.74) is -0.144. The first-order valence-electron chi connectivity index (χ1n) is 9.88. The third-order valence-electron chi connectivity index (χ3n) is 5.55. The average Bonchev–Trinajstić information content (AvgIpc) is 2.62. The number of nitrogens with one attached hydrogen (secondary N) is 1. The third-order valence-corrected chi connectivity index (χ3v) is 5.55. The molecular weight excluding hydrogens is 445 g/mol. The molecule has 2 fully saturated rings. The number of hydrogen-bond donors (Lipinski definition) is 2. The molecule has 2 N–H and O–H groups in total. The fourth-order valence-electron chi connectivity index (χ4n) is 3.87. The minimum Gasteiger partial charge on any atom is -0.466 e. The molecular formula is C19H36IN3O3. The Morgan fingerprint density at radius 1 is 1.31 bits per heavy atom. The number of halogens is 1. The van der Waals surface area contributed by atoms with Gasteiger partial charge in [-0.25, -0.2) is 0 Å². The Balaban J connectivity index is 0.00000338. The van der Waals surface area contributed by atoms with Gasteiger partial charge in [0.05, 0.1) is 25.2 Å². The first kappa shape index (κ1) is 23.5. The van der Waals surface area contributed by atoms with Crippen molar-refractivity contribution in [1.29, 1.82) is 0 Å². The average molecular weight is 481 g/mol. The van der Waals surface area contributed by atoms with Crippen molar-refractivity contribution in [1.82, 2.24) is 10.2 Å². The number of aliphatic hydroxyl groups excluding tert-OH is 1.